The first-order valence-electron chi connectivity index (χ1n) is 5.76. The fourth-order valence-corrected chi connectivity index (χ4v) is 3.95. The van der Waals surface area contributed by atoms with E-state index in [9.17, 15) is 13.5 Å². The molecule has 0 fully saturated rings. The first-order chi connectivity index (χ1) is 9.73. The van der Waals surface area contributed by atoms with Crippen LogP contribution in [0.5, 0.6) is 5.75 Å². The van der Waals surface area contributed by atoms with Gasteiger partial charge in [-0.15, -0.1) is 0 Å². The monoisotopic (exact) mass is 346 g/mol. The summed E-state index contributed by atoms with van der Waals surface area (Å²) in [5.74, 6) is -0.0512. The van der Waals surface area contributed by atoms with Crippen molar-refractivity contribution in [2.75, 3.05) is 17.1 Å². The van der Waals surface area contributed by atoms with Crippen LogP contribution in [-0.4, -0.2) is 20.6 Å². The number of halogens is 2. The molecule has 0 spiro atoms. The molecule has 0 heterocycles. The molecular weight excluding hydrogens is 335 g/mol. The second kappa shape index (κ2) is 5.63. The molecule has 0 amide bonds. The number of benzene rings is 2. The van der Waals surface area contributed by atoms with Gasteiger partial charge in [0.15, 0.2) is 0 Å². The van der Waals surface area contributed by atoms with Gasteiger partial charge < -0.3 is 10.8 Å². The molecule has 21 heavy (non-hydrogen) atoms. The molecular formula is C13H12Cl2N2O3S. The van der Waals surface area contributed by atoms with Gasteiger partial charge >= 0.3 is 0 Å². The number of hydrogen-bond acceptors (Lipinski definition) is 4. The highest BCUT2D eigenvalue weighted by atomic mass is 35.5. The van der Waals surface area contributed by atoms with Crippen LogP contribution >= 0.6 is 23.2 Å². The first kappa shape index (κ1) is 15.8. The van der Waals surface area contributed by atoms with E-state index in [0.29, 0.717) is 0 Å². The van der Waals surface area contributed by atoms with Crippen LogP contribution in [0.4, 0.5) is 11.4 Å². The molecule has 0 aliphatic carbocycles. The zero-order chi connectivity index (χ0) is 15.8. The maximum absolute atomic E-state index is 12.6. The predicted molar refractivity (Wildman–Crippen MR) is 84.6 cm³/mol. The largest absolute Gasteiger partial charge is 0.508 e. The van der Waals surface area contributed by atoms with Gasteiger partial charge in [0.05, 0.1) is 16.4 Å². The number of nitrogens with two attached hydrogens (primary N) is 1. The highest BCUT2D eigenvalue weighted by Crippen LogP contribution is 2.34. The van der Waals surface area contributed by atoms with Crippen molar-refractivity contribution in [3.8, 4) is 5.75 Å². The summed E-state index contributed by atoms with van der Waals surface area (Å²) >= 11 is 11.7. The summed E-state index contributed by atoms with van der Waals surface area (Å²) in [4.78, 5) is -0.223. The molecule has 0 aliphatic heterocycles. The number of nitrogens with zero attached hydrogens (tertiary/aromatic N) is 1. The lowest BCUT2D eigenvalue weighted by Gasteiger charge is -2.21. The standard InChI is InChI=1S/C13H12Cl2N2O3S/c1-17(9-3-2-4-10(18)7-9)21(19,20)13-11(15)5-8(14)6-12(13)16/h2-7,18H,16H2,1H3. The van der Waals surface area contributed by atoms with Crippen LogP contribution in [0.25, 0.3) is 0 Å². The highest BCUT2D eigenvalue weighted by Gasteiger charge is 2.27. The van der Waals surface area contributed by atoms with Crippen molar-refractivity contribution in [3.63, 3.8) is 0 Å². The summed E-state index contributed by atoms with van der Waals surface area (Å²) in [7, 11) is -2.64. The molecule has 0 atom stereocenters. The summed E-state index contributed by atoms with van der Waals surface area (Å²) in [6, 6.07) is 8.45. The normalized spacial score (nSPS) is 11.4. The molecule has 0 radical (unpaired) electrons. The zero-order valence-electron chi connectivity index (χ0n) is 10.9. The summed E-state index contributed by atoms with van der Waals surface area (Å²) in [5.41, 5.74) is 5.97. The molecule has 2 aromatic rings. The number of aromatic hydroxyl groups is 1. The Balaban J connectivity index is 2.57. The van der Waals surface area contributed by atoms with E-state index in [1.807, 2.05) is 0 Å². The summed E-state index contributed by atoms with van der Waals surface area (Å²) in [6.07, 6.45) is 0. The van der Waals surface area contributed by atoms with E-state index in [2.05, 4.69) is 0 Å². The molecule has 112 valence electrons. The van der Waals surface area contributed by atoms with Crippen LogP contribution in [0.3, 0.4) is 0 Å². The third-order valence-corrected chi connectivity index (χ3v) is 5.38. The minimum atomic E-state index is -3.98. The summed E-state index contributed by atoms with van der Waals surface area (Å²) in [6.45, 7) is 0. The number of anilines is 2. The maximum atomic E-state index is 12.6. The fraction of sp³-hybridized carbons (Fsp3) is 0.0769. The first-order valence-corrected chi connectivity index (χ1v) is 7.95. The van der Waals surface area contributed by atoms with Crippen LogP contribution in [0.1, 0.15) is 0 Å². The smallest absolute Gasteiger partial charge is 0.267 e. The molecule has 2 rings (SSSR count). The molecule has 0 saturated heterocycles. The van der Waals surface area contributed by atoms with Gasteiger partial charge in [-0.05, 0) is 24.3 Å². The number of rotatable bonds is 3. The summed E-state index contributed by atoms with van der Waals surface area (Å²) < 4.78 is 26.3. The van der Waals surface area contributed by atoms with Gasteiger partial charge in [0.1, 0.15) is 10.6 Å². The van der Waals surface area contributed by atoms with Gasteiger partial charge in [-0.3, -0.25) is 4.31 Å². The topological polar surface area (TPSA) is 83.6 Å². The van der Waals surface area contributed by atoms with E-state index < -0.39 is 10.0 Å². The lowest BCUT2D eigenvalue weighted by Crippen LogP contribution is -2.27. The van der Waals surface area contributed by atoms with Crippen molar-refractivity contribution in [1.82, 2.24) is 0 Å². The lowest BCUT2D eigenvalue weighted by molar-refractivity contribution is 0.475. The Morgan fingerprint density at radius 1 is 1.19 bits per heavy atom. The SMILES string of the molecule is CN(c1cccc(O)c1)S(=O)(=O)c1c(N)cc(Cl)cc1Cl. The molecule has 0 unspecified atom stereocenters. The van der Waals surface area contributed by atoms with Crippen molar-refractivity contribution >= 4 is 44.6 Å². The van der Waals surface area contributed by atoms with Crippen molar-refractivity contribution in [2.24, 2.45) is 0 Å². The number of phenolic OH excluding ortho intramolecular Hbond substituents is 1. The Labute approximate surface area is 132 Å². The summed E-state index contributed by atoms with van der Waals surface area (Å²) in [5, 5.41) is 9.64. The third-order valence-electron chi connectivity index (χ3n) is 2.85. The molecule has 5 nitrogen and oxygen atoms in total. The van der Waals surface area contributed by atoms with Gasteiger partial charge in [0, 0.05) is 18.1 Å². The third kappa shape index (κ3) is 3.02. The Hall–Kier alpha value is -1.63. The Bertz CT molecular complexity index is 771. The zero-order valence-corrected chi connectivity index (χ0v) is 13.2. The Morgan fingerprint density at radius 2 is 1.86 bits per heavy atom. The fourth-order valence-electron chi connectivity index (χ4n) is 1.82. The minimum absolute atomic E-state index is 0.0421. The quantitative estimate of drug-likeness (QED) is 0.836. The van der Waals surface area contributed by atoms with Crippen molar-refractivity contribution in [1.29, 1.82) is 0 Å². The Morgan fingerprint density at radius 3 is 2.43 bits per heavy atom. The van der Waals surface area contributed by atoms with Crippen LogP contribution in [0.2, 0.25) is 10.0 Å². The Kier molecular flexibility index (Phi) is 4.22. The number of phenols is 1. The van der Waals surface area contributed by atoms with Crippen LogP contribution in [0, 0.1) is 0 Å². The highest BCUT2D eigenvalue weighted by molar-refractivity contribution is 7.93. The van der Waals surface area contributed by atoms with Crippen molar-refractivity contribution in [2.45, 2.75) is 4.90 Å². The predicted octanol–water partition coefficient (Wildman–Crippen LogP) is 3.11. The maximum Gasteiger partial charge on any atom is 0.267 e. The number of nitrogen functional groups attached to an aromatic ring is 1. The van der Waals surface area contributed by atoms with E-state index in [1.54, 1.807) is 0 Å². The van der Waals surface area contributed by atoms with Gasteiger partial charge in [-0.1, -0.05) is 29.3 Å². The number of sulfonamides is 1. The van der Waals surface area contributed by atoms with Crippen LogP contribution in [0.15, 0.2) is 41.3 Å². The van der Waals surface area contributed by atoms with Gasteiger partial charge in [0.2, 0.25) is 0 Å². The average molecular weight is 347 g/mol. The van der Waals surface area contributed by atoms with E-state index >= 15 is 0 Å². The van der Waals surface area contributed by atoms with E-state index in [-0.39, 0.29) is 32.1 Å². The lowest BCUT2D eigenvalue weighted by atomic mass is 10.3. The second-order valence-corrected chi connectivity index (χ2v) is 7.05. The van der Waals surface area contributed by atoms with Gasteiger partial charge in [-0.2, -0.15) is 0 Å². The van der Waals surface area contributed by atoms with Crippen molar-refractivity contribution < 1.29 is 13.5 Å². The van der Waals surface area contributed by atoms with E-state index in [1.165, 1.54) is 43.4 Å². The second-order valence-electron chi connectivity index (χ2n) is 4.30. The molecule has 2 aromatic carbocycles. The minimum Gasteiger partial charge on any atom is -0.508 e. The molecule has 0 saturated carbocycles. The van der Waals surface area contributed by atoms with Crippen LogP contribution < -0.4 is 10.0 Å². The molecule has 0 aromatic heterocycles. The molecule has 0 aliphatic rings. The van der Waals surface area contributed by atoms with Crippen molar-refractivity contribution in [3.05, 3.63) is 46.4 Å². The average Bonchev–Trinajstić information content (AvgIpc) is 2.36. The van der Waals surface area contributed by atoms with E-state index in [4.69, 9.17) is 28.9 Å². The van der Waals surface area contributed by atoms with Crippen LogP contribution in [-0.2, 0) is 10.0 Å². The molecule has 3 N–H and O–H groups in total. The van der Waals surface area contributed by atoms with Gasteiger partial charge in [-0.25, -0.2) is 8.42 Å². The van der Waals surface area contributed by atoms with E-state index in [0.717, 1.165) is 4.31 Å². The number of hydrogen-bond donors (Lipinski definition) is 2. The molecule has 0 bridgehead atoms. The molecule has 8 heteroatoms. The van der Waals surface area contributed by atoms with Gasteiger partial charge in [0.25, 0.3) is 10.0 Å².